The molecule has 0 spiro atoms. The van der Waals surface area contributed by atoms with Crippen LogP contribution < -0.4 is 0 Å². The van der Waals surface area contributed by atoms with Gasteiger partial charge in [0, 0.05) is 18.3 Å². The summed E-state index contributed by atoms with van der Waals surface area (Å²) >= 11 is 5.17. The number of pyridine rings is 1. The predicted octanol–water partition coefficient (Wildman–Crippen LogP) is 3.99. The Morgan fingerprint density at radius 3 is 2.82 bits per heavy atom. The molecule has 1 aromatic heterocycles. The quantitative estimate of drug-likeness (QED) is 0.800. The molecule has 0 saturated carbocycles. The summed E-state index contributed by atoms with van der Waals surface area (Å²) in [6, 6.07) is 3.26. The third kappa shape index (κ3) is 2.78. The van der Waals surface area contributed by atoms with Gasteiger partial charge in [-0.15, -0.1) is 0 Å². The van der Waals surface area contributed by atoms with Crippen molar-refractivity contribution >= 4 is 12.2 Å². The van der Waals surface area contributed by atoms with Gasteiger partial charge in [0.1, 0.15) is 4.64 Å². The zero-order valence-corrected chi connectivity index (χ0v) is 11.8. The second-order valence-corrected chi connectivity index (χ2v) is 5.72. The van der Waals surface area contributed by atoms with E-state index in [-0.39, 0.29) is 0 Å². The molecule has 1 saturated heterocycles. The van der Waals surface area contributed by atoms with Crippen LogP contribution in [-0.2, 0) is 0 Å². The molecule has 1 aliphatic heterocycles. The maximum Gasteiger partial charge on any atom is 0.103 e. The number of aryl methyl sites for hydroxylation is 1. The van der Waals surface area contributed by atoms with Gasteiger partial charge in [-0.3, -0.25) is 4.90 Å². The summed E-state index contributed by atoms with van der Waals surface area (Å²) in [6.07, 6.45) is 6.05. The lowest BCUT2D eigenvalue weighted by Gasteiger charge is -2.39. The van der Waals surface area contributed by atoms with E-state index in [9.17, 15) is 0 Å². The van der Waals surface area contributed by atoms with E-state index in [0.717, 1.165) is 4.64 Å². The Hall–Kier alpha value is -0.670. The van der Waals surface area contributed by atoms with Crippen LogP contribution in [0.3, 0.4) is 0 Å². The molecule has 0 aromatic carbocycles. The monoisotopic (exact) mass is 250 g/mol. The Bertz CT molecular complexity index is 436. The van der Waals surface area contributed by atoms with Gasteiger partial charge in [-0.05, 0) is 57.4 Å². The van der Waals surface area contributed by atoms with Crippen molar-refractivity contribution in [1.82, 2.24) is 9.88 Å². The maximum atomic E-state index is 5.17. The summed E-state index contributed by atoms with van der Waals surface area (Å²) in [5.74, 6) is 0. The molecule has 0 unspecified atom stereocenters. The minimum atomic E-state index is 0.565. The average Bonchev–Trinajstić information content (AvgIpc) is 2.29. The van der Waals surface area contributed by atoms with Crippen molar-refractivity contribution in [3.05, 3.63) is 28.0 Å². The molecular formula is C14H22N2S. The third-order valence-corrected chi connectivity index (χ3v) is 3.98. The lowest BCUT2D eigenvalue weighted by Crippen LogP contribution is -2.38. The maximum absolute atomic E-state index is 5.17. The van der Waals surface area contributed by atoms with Gasteiger partial charge in [-0.2, -0.15) is 0 Å². The van der Waals surface area contributed by atoms with Crippen molar-refractivity contribution < 1.29 is 0 Å². The molecule has 2 heterocycles. The van der Waals surface area contributed by atoms with Crippen LogP contribution in [0.5, 0.6) is 0 Å². The van der Waals surface area contributed by atoms with Gasteiger partial charge in [0.25, 0.3) is 0 Å². The standard InChI is InChI=1S/C14H22N2S/c1-10(2)16-7-5-4-6-13(16)12-9-15-14(17)8-11(12)3/h8-10,13H,4-7H2,1-3H3,(H,15,17)/t13-/m1/s1. The van der Waals surface area contributed by atoms with Crippen LogP contribution in [0.4, 0.5) is 0 Å². The topological polar surface area (TPSA) is 19.0 Å². The predicted molar refractivity (Wildman–Crippen MR) is 74.8 cm³/mol. The van der Waals surface area contributed by atoms with E-state index < -0.39 is 0 Å². The highest BCUT2D eigenvalue weighted by molar-refractivity contribution is 7.71. The van der Waals surface area contributed by atoms with Gasteiger partial charge in [0.05, 0.1) is 0 Å². The normalized spacial score (nSPS) is 22.0. The first-order valence-electron chi connectivity index (χ1n) is 6.54. The second-order valence-electron chi connectivity index (χ2n) is 5.28. The minimum absolute atomic E-state index is 0.565. The Labute approximate surface area is 109 Å². The average molecular weight is 250 g/mol. The number of aromatic nitrogens is 1. The van der Waals surface area contributed by atoms with E-state index in [2.05, 4.69) is 42.9 Å². The fourth-order valence-electron chi connectivity index (χ4n) is 2.85. The smallest absolute Gasteiger partial charge is 0.103 e. The van der Waals surface area contributed by atoms with Gasteiger partial charge in [0.15, 0.2) is 0 Å². The van der Waals surface area contributed by atoms with E-state index in [1.165, 1.54) is 36.9 Å². The Kier molecular flexibility index (Phi) is 4.00. The molecule has 1 aliphatic rings. The summed E-state index contributed by atoms with van der Waals surface area (Å²) in [5.41, 5.74) is 2.75. The van der Waals surface area contributed by atoms with Gasteiger partial charge in [-0.25, -0.2) is 0 Å². The summed E-state index contributed by atoms with van der Waals surface area (Å²) in [4.78, 5) is 5.80. The lowest BCUT2D eigenvalue weighted by atomic mass is 9.92. The number of aromatic amines is 1. The first-order valence-corrected chi connectivity index (χ1v) is 6.95. The third-order valence-electron chi connectivity index (χ3n) is 3.74. The van der Waals surface area contributed by atoms with Crippen LogP contribution in [-0.4, -0.2) is 22.5 Å². The second kappa shape index (κ2) is 5.32. The molecule has 1 atom stereocenters. The van der Waals surface area contributed by atoms with E-state index in [4.69, 9.17) is 12.2 Å². The van der Waals surface area contributed by atoms with E-state index in [0.29, 0.717) is 12.1 Å². The fourth-order valence-corrected chi connectivity index (χ4v) is 3.09. The van der Waals surface area contributed by atoms with Crippen molar-refractivity contribution in [3.8, 4) is 0 Å². The van der Waals surface area contributed by atoms with Crippen molar-refractivity contribution in [1.29, 1.82) is 0 Å². The number of likely N-dealkylation sites (tertiary alicyclic amines) is 1. The Morgan fingerprint density at radius 1 is 1.41 bits per heavy atom. The highest BCUT2D eigenvalue weighted by atomic mass is 32.1. The zero-order valence-electron chi connectivity index (χ0n) is 11.0. The van der Waals surface area contributed by atoms with E-state index in [1.807, 2.05) is 0 Å². The van der Waals surface area contributed by atoms with Gasteiger partial charge in [-0.1, -0.05) is 18.6 Å². The lowest BCUT2D eigenvalue weighted by molar-refractivity contribution is 0.111. The van der Waals surface area contributed by atoms with Crippen molar-refractivity contribution in [2.75, 3.05) is 6.54 Å². The van der Waals surface area contributed by atoms with Crippen molar-refractivity contribution in [2.45, 2.75) is 52.1 Å². The number of rotatable bonds is 2. The highest BCUT2D eigenvalue weighted by Gasteiger charge is 2.26. The molecule has 17 heavy (non-hydrogen) atoms. The molecule has 2 rings (SSSR count). The van der Waals surface area contributed by atoms with Crippen molar-refractivity contribution in [3.63, 3.8) is 0 Å². The number of nitrogens with zero attached hydrogens (tertiary/aromatic N) is 1. The summed E-state index contributed by atoms with van der Waals surface area (Å²) in [7, 11) is 0. The Morgan fingerprint density at radius 2 is 2.18 bits per heavy atom. The number of nitrogens with one attached hydrogen (secondary N) is 1. The summed E-state index contributed by atoms with van der Waals surface area (Å²) in [5, 5.41) is 0. The van der Waals surface area contributed by atoms with Gasteiger partial charge in [0.2, 0.25) is 0 Å². The summed E-state index contributed by atoms with van der Waals surface area (Å²) in [6.45, 7) is 7.97. The largest absolute Gasteiger partial charge is 0.353 e. The molecule has 0 radical (unpaired) electrons. The molecule has 0 bridgehead atoms. The van der Waals surface area contributed by atoms with Crippen LogP contribution in [0.15, 0.2) is 12.3 Å². The van der Waals surface area contributed by atoms with Gasteiger partial charge < -0.3 is 4.98 Å². The fraction of sp³-hybridized carbons (Fsp3) is 0.643. The number of H-pyrrole nitrogens is 1. The molecule has 1 aromatic rings. The highest BCUT2D eigenvalue weighted by Crippen LogP contribution is 2.33. The van der Waals surface area contributed by atoms with Crippen LogP contribution in [0.25, 0.3) is 0 Å². The van der Waals surface area contributed by atoms with Crippen LogP contribution in [0, 0.1) is 11.6 Å². The number of hydrogen-bond acceptors (Lipinski definition) is 2. The molecule has 3 heteroatoms. The molecule has 1 N–H and O–H groups in total. The van der Waals surface area contributed by atoms with Crippen LogP contribution >= 0.6 is 12.2 Å². The first kappa shape index (κ1) is 12.8. The molecule has 0 aliphatic carbocycles. The van der Waals surface area contributed by atoms with E-state index >= 15 is 0 Å². The minimum Gasteiger partial charge on any atom is -0.353 e. The number of piperidine rings is 1. The summed E-state index contributed by atoms with van der Waals surface area (Å²) < 4.78 is 0.832. The number of hydrogen-bond donors (Lipinski definition) is 1. The first-order chi connectivity index (χ1) is 8.09. The molecule has 94 valence electrons. The van der Waals surface area contributed by atoms with E-state index in [1.54, 1.807) is 0 Å². The Balaban J connectivity index is 2.32. The van der Waals surface area contributed by atoms with Crippen LogP contribution in [0.2, 0.25) is 0 Å². The zero-order chi connectivity index (χ0) is 12.4. The molecule has 2 nitrogen and oxygen atoms in total. The SMILES string of the molecule is Cc1cc(=S)[nH]cc1[C@H]1CCCCN1C(C)C. The molecule has 1 fully saturated rings. The van der Waals surface area contributed by atoms with Crippen molar-refractivity contribution in [2.24, 2.45) is 0 Å². The molecule has 0 amide bonds. The van der Waals surface area contributed by atoms with Gasteiger partial charge >= 0.3 is 0 Å². The van der Waals surface area contributed by atoms with Crippen LogP contribution in [0.1, 0.15) is 50.3 Å². The molecular weight excluding hydrogens is 228 g/mol.